The Morgan fingerprint density at radius 3 is 2.55 bits per heavy atom. The molecule has 1 aliphatic carbocycles. The monoisotopic (exact) mass is 516 g/mol. The average Bonchev–Trinajstić information content (AvgIpc) is 3.08. The standard InChI is InChI=1S/C25H26BrFN2O4/c1-2-32-22-14-17(12-20(26)23(22)33-15-16-8-10-18(27)11-9-16)13-21-24(30)29(25(31)28-21)19-6-4-3-5-7-19/h8-14,19H,2-7,15H2,1H3,(H,28,31)/b21-13-. The molecule has 0 aromatic heterocycles. The van der Waals surface area contributed by atoms with Gasteiger partial charge in [0.2, 0.25) is 0 Å². The highest BCUT2D eigenvalue weighted by molar-refractivity contribution is 9.10. The molecule has 6 nitrogen and oxygen atoms in total. The van der Waals surface area contributed by atoms with E-state index in [1.54, 1.807) is 30.3 Å². The predicted octanol–water partition coefficient (Wildman–Crippen LogP) is 5.79. The molecule has 174 valence electrons. The van der Waals surface area contributed by atoms with Crippen molar-refractivity contribution >= 4 is 33.9 Å². The van der Waals surface area contributed by atoms with E-state index in [-0.39, 0.29) is 36.1 Å². The van der Waals surface area contributed by atoms with Gasteiger partial charge in [-0.3, -0.25) is 9.69 Å². The number of urea groups is 1. The van der Waals surface area contributed by atoms with E-state index in [9.17, 15) is 14.0 Å². The van der Waals surface area contributed by atoms with Crippen LogP contribution in [0.25, 0.3) is 6.08 Å². The first-order valence-corrected chi connectivity index (χ1v) is 12.0. The van der Waals surface area contributed by atoms with Gasteiger partial charge in [-0.05, 0) is 77.2 Å². The summed E-state index contributed by atoms with van der Waals surface area (Å²) in [6.07, 6.45) is 6.57. The van der Waals surface area contributed by atoms with Crippen molar-refractivity contribution in [3.8, 4) is 11.5 Å². The van der Waals surface area contributed by atoms with Crippen molar-refractivity contribution < 1.29 is 23.5 Å². The fraction of sp³-hybridized carbons (Fsp3) is 0.360. The molecule has 1 saturated carbocycles. The SMILES string of the molecule is CCOc1cc(/C=C2\NC(=O)N(C3CCCCC3)C2=O)cc(Br)c1OCc1ccc(F)cc1. The smallest absolute Gasteiger partial charge is 0.329 e. The number of imide groups is 1. The van der Waals surface area contributed by atoms with Crippen LogP contribution in [-0.4, -0.2) is 29.5 Å². The van der Waals surface area contributed by atoms with Crippen LogP contribution in [0.15, 0.2) is 46.6 Å². The van der Waals surface area contributed by atoms with Crippen LogP contribution < -0.4 is 14.8 Å². The maximum Gasteiger partial charge on any atom is 0.329 e. The molecule has 0 radical (unpaired) electrons. The predicted molar refractivity (Wildman–Crippen MR) is 126 cm³/mol. The number of hydrogen-bond acceptors (Lipinski definition) is 4. The summed E-state index contributed by atoms with van der Waals surface area (Å²) in [6, 6.07) is 9.27. The molecule has 1 heterocycles. The minimum absolute atomic E-state index is 0.0369. The van der Waals surface area contributed by atoms with E-state index in [0.29, 0.717) is 28.1 Å². The van der Waals surface area contributed by atoms with Crippen molar-refractivity contribution in [3.05, 3.63) is 63.5 Å². The van der Waals surface area contributed by atoms with Crippen LogP contribution in [0.2, 0.25) is 0 Å². The summed E-state index contributed by atoms with van der Waals surface area (Å²) < 4.78 is 25.5. The number of benzene rings is 2. The quantitative estimate of drug-likeness (QED) is 0.373. The number of nitrogens with one attached hydrogen (secondary N) is 1. The molecule has 3 amide bonds. The zero-order valence-corrected chi connectivity index (χ0v) is 20.0. The number of rotatable bonds is 7. The number of carbonyl (C=O) groups excluding carboxylic acids is 2. The Labute approximate surface area is 200 Å². The summed E-state index contributed by atoms with van der Waals surface area (Å²) in [5, 5.41) is 2.72. The lowest BCUT2D eigenvalue weighted by Gasteiger charge is -2.28. The van der Waals surface area contributed by atoms with Gasteiger partial charge in [-0.1, -0.05) is 31.4 Å². The molecule has 1 N–H and O–H groups in total. The number of amides is 3. The fourth-order valence-electron chi connectivity index (χ4n) is 4.20. The van der Waals surface area contributed by atoms with Gasteiger partial charge >= 0.3 is 6.03 Å². The van der Waals surface area contributed by atoms with Crippen LogP contribution in [0, 0.1) is 5.82 Å². The maximum absolute atomic E-state index is 13.1. The minimum Gasteiger partial charge on any atom is -0.490 e. The van der Waals surface area contributed by atoms with E-state index >= 15 is 0 Å². The Balaban J connectivity index is 1.55. The van der Waals surface area contributed by atoms with Crippen LogP contribution in [0.1, 0.15) is 50.2 Å². The van der Waals surface area contributed by atoms with Crippen LogP contribution in [0.3, 0.4) is 0 Å². The van der Waals surface area contributed by atoms with Gasteiger partial charge in [-0.25, -0.2) is 9.18 Å². The second kappa shape index (κ2) is 10.4. The third kappa shape index (κ3) is 5.38. The summed E-state index contributed by atoms with van der Waals surface area (Å²) in [7, 11) is 0. The molecule has 1 saturated heterocycles. The summed E-state index contributed by atoms with van der Waals surface area (Å²) in [4.78, 5) is 26.8. The van der Waals surface area contributed by atoms with Crippen molar-refractivity contribution in [2.45, 2.75) is 51.7 Å². The molecular formula is C25H26BrFN2O4. The molecule has 2 aliphatic rings. The Bertz CT molecular complexity index is 1060. The topological polar surface area (TPSA) is 67.9 Å². The summed E-state index contributed by atoms with van der Waals surface area (Å²) in [5.41, 5.74) is 1.76. The van der Waals surface area contributed by atoms with E-state index in [2.05, 4.69) is 21.2 Å². The highest BCUT2D eigenvalue weighted by atomic mass is 79.9. The van der Waals surface area contributed by atoms with Crippen molar-refractivity contribution in [1.29, 1.82) is 0 Å². The summed E-state index contributed by atoms with van der Waals surface area (Å²) in [5.74, 6) is 0.413. The summed E-state index contributed by atoms with van der Waals surface area (Å²) >= 11 is 3.53. The number of hydrogen-bond donors (Lipinski definition) is 1. The van der Waals surface area contributed by atoms with Gasteiger partial charge in [0.05, 0.1) is 11.1 Å². The molecule has 8 heteroatoms. The molecule has 0 unspecified atom stereocenters. The Morgan fingerprint density at radius 2 is 1.85 bits per heavy atom. The van der Waals surface area contributed by atoms with Gasteiger partial charge in [0, 0.05) is 6.04 Å². The molecule has 0 atom stereocenters. The van der Waals surface area contributed by atoms with Gasteiger partial charge in [0.25, 0.3) is 5.91 Å². The number of halogens is 2. The normalized spacial score (nSPS) is 18.0. The third-order valence-electron chi connectivity index (χ3n) is 5.79. The lowest BCUT2D eigenvalue weighted by molar-refractivity contribution is -0.124. The molecule has 1 aliphatic heterocycles. The van der Waals surface area contributed by atoms with Gasteiger partial charge in [0.1, 0.15) is 18.1 Å². The van der Waals surface area contributed by atoms with Crippen LogP contribution in [0.4, 0.5) is 9.18 Å². The molecule has 4 rings (SSSR count). The molecule has 2 aromatic carbocycles. The number of carbonyl (C=O) groups is 2. The van der Waals surface area contributed by atoms with Crippen LogP contribution in [-0.2, 0) is 11.4 Å². The largest absolute Gasteiger partial charge is 0.490 e. The summed E-state index contributed by atoms with van der Waals surface area (Å²) in [6.45, 7) is 2.53. The number of nitrogens with zero attached hydrogens (tertiary/aromatic N) is 1. The third-order valence-corrected chi connectivity index (χ3v) is 6.38. The molecular weight excluding hydrogens is 491 g/mol. The zero-order chi connectivity index (χ0) is 23.4. The lowest BCUT2D eigenvalue weighted by atomic mass is 9.94. The second-order valence-corrected chi connectivity index (χ2v) is 8.99. The van der Waals surface area contributed by atoms with Gasteiger partial charge < -0.3 is 14.8 Å². The Hall–Kier alpha value is -2.87. The zero-order valence-electron chi connectivity index (χ0n) is 18.4. The van der Waals surface area contributed by atoms with Gasteiger partial charge in [0.15, 0.2) is 11.5 Å². The van der Waals surface area contributed by atoms with E-state index in [1.165, 1.54) is 17.0 Å². The van der Waals surface area contributed by atoms with Crippen molar-refractivity contribution in [1.82, 2.24) is 10.2 Å². The van der Waals surface area contributed by atoms with E-state index < -0.39 is 0 Å². The van der Waals surface area contributed by atoms with Crippen molar-refractivity contribution in [2.24, 2.45) is 0 Å². The van der Waals surface area contributed by atoms with E-state index in [0.717, 1.165) is 37.7 Å². The first-order valence-electron chi connectivity index (χ1n) is 11.2. The number of ether oxygens (including phenoxy) is 2. The van der Waals surface area contributed by atoms with Crippen molar-refractivity contribution in [3.63, 3.8) is 0 Å². The molecule has 2 aromatic rings. The van der Waals surface area contributed by atoms with Crippen LogP contribution in [0.5, 0.6) is 11.5 Å². The first-order chi connectivity index (χ1) is 16.0. The van der Waals surface area contributed by atoms with Crippen molar-refractivity contribution in [2.75, 3.05) is 6.61 Å². The minimum atomic E-state index is -0.360. The maximum atomic E-state index is 13.1. The molecule has 33 heavy (non-hydrogen) atoms. The first kappa shape index (κ1) is 23.3. The average molecular weight is 517 g/mol. The van der Waals surface area contributed by atoms with E-state index in [4.69, 9.17) is 9.47 Å². The Kier molecular flexibility index (Phi) is 7.33. The molecule has 0 spiro atoms. The second-order valence-electron chi connectivity index (χ2n) is 8.13. The molecule has 2 fully saturated rings. The molecule has 0 bridgehead atoms. The highest BCUT2D eigenvalue weighted by Gasteiger charge is 2.39. The fourth-order valence-corrected chi connectivity index (χ4v) is 4.77. The highest BCUT2D eigenvalue weighted by Crippen LogP contribution is 2.38. The van der Waals surface area contributed by atoms with Gasteiger partial charge in [-0.2, -0.15) is 0 Å². The van der Waals surface area contributed by atoms with E-state index in [1.807, 2.05) is 6.92 Å². The Morgan fingerprint density at radius 1 is 1.12 bits per heavy atom. The van der Waals surface area contributed by atoms with Crippen LogP contribution >= 0.6 is 15.9 Å². The van der Waals surface area contributed by atoms with Gasteiger partial charge in [-0.15, -0.1) is 0 Å². The lowest BCUT2D eigenvalue weighted by Crippen LogP contribution is -2.41.